The van der Waals surface area contributed by atoms with Gasteiger partial charge in [0.2, 0.25) is 5.89 Å². The topological polar surface area (TPSA) is 60.2 Å². The number of aromatic nitrogens is 2. The number of rotatable bonds is 5. The Kier molecular flexibility index (Phi) is 3.56. The van der Waals surface area contributed by atoms with Crippen molar-refractivity contribution in [2.45, 2.75) is 44.8 Å². The average Bonchev–Trinajstić information content (AvgIpc) is 2.82. The summed E-state index contributed by atoms with van der Waals surface area (Å²) in [6, 6.07) is 0. The Morgan fingerprint density at radius 2 is 2.44 bits per heavy atom. The molecular formula is C11H19N3O2. The summed E-state index contributed by atoms with van der Waals surface area (Å²) in [6.45, 7) is 6.04. The molecule has 0 aromatic carbocycles. The van der Waals surface area contributed by atoms with E-state index in [1.54, 1.807) is 0 Å². The minimum atomic E-state index is 0.0544. The van der Waals surface area contributed by atoms with Crippen LogP contribution in [0.25, 0.3) is 0 Å². The maximum atomic E-state index is 5.87. The molecule has 1 fully saturated rings. The molecule has 1 N–H and O–H groups in total. The van der Waals surface area contributed by atoms with Gasteiger partial charge in [-0.15, -0.1) is 0 Å². The monoisotopic (exact) mass is 225 g/mol. The molecule has 1 aromatic rings. The molecule has 1 aliphatic heterocycles. The largest absolute Gasteiger partial charge is 0.371 e. The van der Waals surface area contributed by atoms with Gasteiger partial charge in [-0.05, 0) is 26.7 Å². The first kappa shape index (κ1) is 11.5. The van der Waals surface area contributed by atoms with Crippen molar-refractivity contribution in [1.29, 1.82) is 0 Å². The third-order valence-electron chi connectivity index (χ3n) is 2.85. The highest BCUT2D eigenvalue weighted by Gasteiger charge is 2.30. The Bertz CT molecular complexity index is 311. The van der Waals surface area contributed by atoms with Gasteiger partial charge in [0.15, 0.2) is 6.33 Å². The van der Waals surface area contributed by atoms with Crippen molar-refractivity contribution in [3.05, 3.63) is 12.2 Å². The van der Waals surface area contributed by atoms with Crippen LogP contribution in [0.1, 0.15) is 32.6 Å². The molecule has 1 aliphatic rings. The van der Waals surface area contributed by atoms with Gasteiger partial charge in [0.1, 0.15) is 0 Å². The van der Waals surface area contributed by atoms with Crippen LogP contribution >= 0.6 is 0 Å². The van der Waals surface area contributed by atoms with Crippen LogP contribution in [0.3, 0.4) is 0 Å². The summed E-state index contributed by atoms with van der Waals surface area (Å²) in [5.74, 6) is 0.681. The molecule has 0 aliphatic carbocycles. The summed E-state index contributed by atoms with van der Waals surface area (Å²) >= 11 is 0. The van der Waals surface area contributed by atoms with Crippen molar-refractivity contribution < 1.29 is 9.26 Å². The summed E-state index contributed by atoms with van der Waals surface area (Å²) in [4.78, 5) is 3.96. The summed E-state index contributed by atoms with van der Waals surface area (Å²) in [5.41, 5.74) is 0.0544. The van der Waals surface area contributed by atoms with Crippen LogP contribution < -0.4 is 5.32 Å². The normalized spacial score (nSPS) is 23.8. The van der Waals surface area contributed by atoms with E-state index in [1.807, 2.05) is 0 Å². The van der Waals surface area contributed by atoms with E-state index >= 15 is 0 Å². The molecule has 0 amide bonds. The molecule has 0 bridgehead atoms. The Morgan fingerprint density at radius 1 is 1.56 bits per heavy atom. The van der Waals surface area contributed by atoms with E-state index < -0.39 is 0 Å². The third-order valence-corrected chi connectivity index (χ3v) is 2.85. The van der Waals surface area contributed by atoms with Crippen molar-refractivity contribution in [3.63, 3.8) is 0 Å². The number of hydrogen-bond donors (Lipinski definition) is 1. The Morgan fingerprint density at radius 3 is 3.06 bits per heavy atom. The quantitative estimate of drug-likeness (QED) is 0.762. The van der Waals surface area contributed by atoms with Crippen molar-refractivity contribution in [2.24, 2.45) is 0 Å². The smallest absolute Gasteiger partial charge is 0.227 e. The molecule has 2 rings (SSSR count). The second-order valence-corrected chi connectivity index (χ2v) is 4.83. The minimum Gasteiger partial charge on any atom is -0.371 e. The van der Waals surface area contributed by atoms with Gasteiger partial charge in [0, 0.05) is 19.5 Å². The standard InChI is InChI=1S/C11H19N3O2/c1-11(2)5-3-9(15-11)7-12-6-4-10-13-8-14-16-10/h8-9,12H,3-7H2,1-2H3. The fraction of sp³-hybridized carbons (Fsp3) is 0.818. The molecule has 0 saturated carbocycles. The lowest BCUT2D eigenvalue weighted by Gasteiger charge is -2.19. The first-order valence-electron chi connectivity index (χ1n) is 5.80. The van der Waals surface area contributed by atoms with Crippen molar-refractivity contribution in [1.82, 2.24) is 15.5 Å². The Balaban J connectivity index is 1.59. The Labute approximate surface area is 95.6 Å². The van der Waals surface area contributed by atoms with Gasteiger partial charge in [-0.2, -0.15) is 4.98 Å². The number of nitrogens with zero attached hydrogens (tertiary/aromatic N) is 2. The van der Waals surface area contributed by atoms with Crippen molar-refractivity contribution in [3.8, 4) is 0 Å². The zero-order chi connectivity index (χ0) is 11.4. The molecule has 1 unspecified atom stereocenters. The van der Waals surface area contributed by atoms with Gasteiger partial charge in [-0.25, -0.2) is 0 Å². The van der Waals surface area contributed by atoms with Crippen LogP contribution in [0.15, 0.2) is 10.9 Å². The highest BCUT2D eigenvalue weighted by atomic mass is 16.5. The van der Waals surface area contributed by atoms with E-state index in [4.69, 9.17) is 9.26 Å². The summed E-state index contributed by atoms with van der Waals surface area (Å²) in [5, 5.41) is 6.91. The molecular weight excluding hydrogens is 206 g/mol. The highest BCUT2D eigenvalue weighted by molar-refractivity contribution is 4.82. The van der Waals surface area contributed by atoms with E-state index in [2.05, 4.69) is 29.3 Å². The van der Waals surface area contributed by atoms with E-state index in [-0.39, 0.29) is 5.60 Å². The summed E-state index contributed by atoms with van der Waals surface area (Å²) < 4.78 is 10.8. The predicted molar refractivity (Wildman–Crippen MR) is 59.1 cm³/mol. The summed E-state index contributed by atoms with van der Waals surface area (Å²) in [7, 11) is 0. The van der Waals surface area contributed by atoms with Crippen LogP contribution in [-0.2, 0) is 11.2 Å². The molecule has 1 saturated heterocycles. The van der Waals surface area contributed by atoms with Gasteiger partial charge in [0.25, 0.3) is 0 Å². The number of nitrogens with one attached hydrogen (secondary N) is 1. The fourth-order valence-electron chi connectivity index (χ4n) is 1.99. The first-order valence-corrected chi connectivity index (χ1v) is 5.80. The second-order valence-electron chi connectivity index (χ2n) is 4.83. The number of hydrogen-bond acceptors (Lipinski definition) is 5. The maximum Gasteiger partial charge on any atom is 0.227 e. The Hall–Kier alpha value is -0.940. The van der Waals surface area contributed by atoms with E-state index in [1.165, 1.54) is 6.33 Å². The lowest BCUT2D eigenvalue weighted by molar-refractivity contribution is -0.0141. The van der Waals surface area contributed by atoms with Gasteiger partial charge in [-0.1, -0.05) is 5.16 Å². The zero-order valence-corrected chi connectivity index (χ0v) is 9.90. The van der Waals surface area contributed by atoms with Crippen LogP contribution in [0.5, 0.6) is 0 Å². The van der Waals surface area contributed by atoms with Gasteiger partial charge in [0.05, 0.1) is 11.7 Å². The van der Waals surface area contributed by atoms with Crippen molar-refractivity contribution >= 4 is 0 Å². The maximum absolute atomic E-state index is 5.87. The van der Waals surface area contributed by atoms with Crippen LogP contribution in [0, 0.1) is 0 Å². The van der Waals surface area contributed by atoms with Crippen LogP contribution in [0.2, 0.25) is 0 Å². The number of ether oxygens (including phenoxy) is 1. The SMILES string of the molecule is CC1(C)CCC(CNCCc2ncno2)O1. The second kappa shape index (κ2) is 4.93. The van der Waals surface area contributed by atoms with E-state index in [9.17, 15) is 0 Å². The molecule has 5 nitrogen and oxygen atoms in total. The third kappa shape index (κ3) is 3.28. The molecule has 90 valence electrons. The average molecular weight is 225 g/mol. The molecule has 0 radical (unpaired) electrons. The molecule has 1 aromatic heterocycles. The summed E-state index contributed by atoms with van der Waals surface area (Å²) in [6.07, 6.45) is 4.83. The molecule has 5 heteroatoms. The first-order chi connectivity index (χ1) is 7.66. The highest BCUT2D eigenvalue weighted by Crippen LogP contribution is 2.28. The predicted octanol–water partition coefficient (Wildman–Crippen LogP) is 1.16. The molecule has 1 atom stereocenters. The lowest BCUT2D eigenvalue weighted by Crippen LogP contribution is -2.30. The lowest BCUT2D eigenvalue weighted by atomic mass is 10.1. The van der Waals surface area contributed by atoms with Gasteiger partial charge in [-0.3, -0.25) is 0 Å². The van der Waals surface area contributed by atoms with Crippen molar-refractivity contribution in [2.75, 3.05) is 13.1 Å². The van der Waals surface area contributed by atoms with Gasteiger partial charge < -0.3 is 14.6 Å². The minimum absolute atomic E-state index is 0.0544. The van der Waals surface area contributed by atoms with Crippen LogP contribution in [0.4, 0.5) is 0 Å². The van der Waals surface area contributed by atoms with E-state index in [0.29, 0.717) is 12.0 Å². The van der Waals surface area contributed by atoms with E-state index in [0.717, 1.165) is 32.4 Å². The molecule has 2 heterocycles. The molecule has 16 heavy (non-hydrogen) atoms. The molecule has 0 spiro atoms. The zero-order valence-electron chi connectivity index (χ0n) is 9.90. The van der Waals surface area contributed by atoms with Gasteiger partial charge >= 0.3 is 0 Å². The van der Waals surface area contributed by atoms with Crippen LogP contribution in [-0.4, -0.2) is 34.9 Å². The fourth-order valence-corrected chi connectivity index (χ4v) is 1.99.